The number of nitro groups is 1. The Morgan fingerprint density at radius 2 is 2.04 bits per heavy atom. The summed E-state index contributed by atoms with van der Waals surface area (Å²) in [6, 6.07) is -0.0439. The molecule has 0 aliphatic carbocycles. The average molecular weight is 381 g/mol. The Labute approximate surface area is 154 Å². The van der Waals surface area contributed by atoms with Crippen LogP contribution in [-0.4, -0.2) is 57.6 Å². The molecule has 0 saturated carbocycles. The second-order valence-electron chi connectivity index (χ2n) is 6.67. The van der Waals surface area contributed by atoms with E-state index in [1.54, 1.807) is 20.8 Å². The number of pyridine rings is 1. The number of carbonyl (C=O) groups excluding carboxylic acids is 3. The number of ether oxygens (including phenoxy) is 3. The Kier molecular flexibility index (Phi) is 5.62. The molecule has 146 valence electrons. The lowest BCUT2D eigenvalue weighted by Crippen LogP contribution is -2.46. The van der Waals surface area contributed by atoms with Gasteiger partial charge in [-0.3, -0.25) is 19.9 Å². The van der Waals surface area contributed by atoms with Crippen molar-refractivity contribution in [2.75, 3.05) is 7.11 Å². The lowest BCUT2D eigenvalue weighted by Gasteiger charge is -2.25. The highest BCUT2D eigenvalue weighted by atomic mass is 16.6. The zero-order valence-corrected chi connectivity index (χ0v) is 15.2. The Bertz CT molecular complexity index is 773. The molecule has 11 nitrogen and oxygen atoms in total. The van der Waals surface area contributed by atoms with Gasteiger partial charge in [0.2, 0.25) is 5.75 Å². The number of nitrogens with zero attached hydrogens (tertiary/aromatic N) is 3. The second kappa shape index (κ2) is 7.56. The van der Waals surface area contributed by atoms with Gasteiger partial charge in [-0.2, -0.15) is 0 Å². The molecule has 2 rings (SSSR count). The molecule has 1 aliphatic rings. The van der Waals surface area contributed by atoms with Crippen molar-refractivity contribution >= 4 is 23.7 Å². The van der Waals surface area contributed by atoms with Crippen LogP contribution in [-0.2, 0) is 19.1 Å². The van der Waals surface area contributed by atoms with E-state index in [9.17, 15) is 24.5 Å². The Hall–Kier alpha value is -3.24. The molecule has 0 radical (unpaired) electrons. The fraction of sp³-hybridized carbons (Fsp3) is 0.500. The van der Waals surface area contributed by atoms with Crippen LogP contribution < -0.4 is 4.74 Å². The molecule has 27 heavy (non-hydrogen) atoms. The smallest absolute Gasteiger partial charge is 0.417 e. The van der Waals surface area contributed by atoms with Gasteiger partial charge in [0.15, 0.2) is 6.10 Å². The van der Waals surface area contributed by atoms with Gasteiger partial charge in [0.05, 0.1) is 12.0 Å². The van der Waals surface area contributed by atoms with Crippen molar-refractivity contribution in [3.63, 3.8) is 0 Å². The molecule has 1 aliphatic heterocycles. The molecule has 0 bridgehead atoms. The standard InChI is InChI=1S/C16H19N3O8/c1-16(2,3)27-15(22)18-9(14(21)25-4)7-12(13(18)20)26-11-5-6-17-8-10(11)19(23)24/h5-6,8-9,12H,7H2,1-4H3/t9-,12-/m0/s1. The molecule has 0 spiro atoms. The minimum absolute atomic E-state index is 0.206. The molecule has 2 atom stereocenters. The third-order valence-corrected chi connectivity index (χ3v) is 3.55. The highest BCUT2D eigenvalue weighted by Gasteiger charge is 2.50. The lowest BCUT2D eigenvalue weighted by atomic mass is 10.2. The Morgan fingerprint density at radius 1 is 1.37 bits per heavy atom. The van der Waals surface area contributed by atoms with E-state index in [4.69, 9.17) is 9.47 Å². The molecule has 1 saturated heterocycles. The fourth-order valence-electron chi connectivity index (χ4n) is 2.45. The minimum atomic E-state index is -1.30. The zero-order valence-electron chi connectivity index (χ0n) is 15.2. The van der Waals surface area contributed by atoms with Gasteiger partial charge in [0, 0.05) is 18.7 Å². The number of rotatable bonds is 4. The van der Waals surface area contributed by atoms with Crippen LogP contribution in [0.25, 0.3) is 0 Å². The van der Waals surface area contributed by atoms with Gasteiger partial charge in [-0.1, -0.05) is 0 Å². The van der Waals surface area contributed by atoms with Gasteiger partial charge >= 0.3 is 17.7 Å². The van der Waals surface area contributed by atoms with Crippen LogP contribution in [0.5, 0.6) is 5.75 Å². The van der Waals surface area contributed by atoms with Crippen LogP contribution in [0.2, 0.25) is 0 Å². The van der Waals surface area contributed by atoms with Crippen LogP contribution >= 0.6 is 0 Å². The monoisotopic (exact) mass is 381 g/mol. The first-order valence-corrected chi connectivity index (χ1v) is 7.94. The van der Waals surface area contributed by atoms with E-state index in [1.807, 2.05) is 0 Å². The summed E-state index contributed by atoms with van der Waals surface area (Å²) in [5.74, 6) is -1.89. The van der Waals surface area contributed by atoms with Crippen molar-refractivity contribution in [3.8, 4) is 5.75 Å². The predicted molar refractivity (Wildman–Crippen MR) is 88.8 cm³/mol. The highest BCUT2D eigenvalue weighted by Crippen LogP contribution is 2.31. The summed E-state index contributed by atoms with van der Waals surface area (Å²) in [6.07, 6.45) is -0.339. The van der Waals surface area contributed by atoms with Crippen LogP contribution in [0.15, 0.2) is 18.5 Å². The number of amides is 2. The summed E-state index contributed by atoms with van der Waals surface area (Å²) < 4.78 is 15.2. The molecule has 2 amide bonds. The molecule has 2 heterocycles. The van der Waals surface area contributed by atoms with E-state index < -0.39 is 46.3 Å². The van der Waals surface area contributed by atoms with Crippen molar-refractivity contribution in [1.82, 2.24) is 9.88 Å². The summed E-state index contributed by atoms with van der Waals surface area (Å²) in [5.41, 5.74) is -1.35. The largest absolute Gasteiger partial charge is 0.473 e. The van der Waals surface area contributed by atoms with Crippen molar-refractivity contribution in [2.45, 2.75) is 44.9 Å². The molecule has 1 aromatic rings. The van der Waals surface area contributed by atoms with E-state index >= 15 is 0 Å². The minimum Gasteiger partial charge on any atom is -0.473 e. The summed E-state index contributed by atoms with van der Waals surface area (Å²) in [4.78, 5) is 51.7. The Morgan fingerprint density at radius 3 is 2.59 bits per heavy atom. The van der Waals surface area contributed by atoms with Gasteiger partial charge in [-0.15, -0.1) is 0 Å². The van der Waals surface area contributed by atoms with Gasteiger partial charge < -0.3 is 14.2 Å². The molecule has 1 fully saturated rings. The quantitative estimate of drug-likeness (QED) is 0.431. The van der Waals surface area contributed by atoms with Crippen LogP contribution in [0.3, 0.4) is 0 Å². The topological polar surface area (TPSA) is 138 Å². The van der Waals surface area contributed by atoms with Gasteiger partial charge in [-0.25, -0.2) is 14.5 Å². The first-order valence-electron chi connectivity index (χ1n) is 7.94. The van der Waals surface area contributed by atoms with Crippen LogP contribution in [0, 0.1) is 10.1 Å². The number of likely N-dealkylation sites (tertiary alicyclic amines) is 1. The predicted octanol–water partition coefficient (Wildman–Crippen LogP) is 1.45. The highest BCUT2D eigenvalue weighted by molar-refractivity contribution is 6.02. The average Bonchev–Trinajstić information content (AvgIpc) is 2.89. The maximum absolute atomic E-state index is 12.7. The van der Waals surface area contributed by atoms with E-state index in [2.05, 4.69) is 9.72 Å². The summed E-state index contributed by atoms with van der Waals surface area (Å²) in [6.45, 7) is 4.81. The van der Waals surface area contributed by atoms with Crippen molar-refractivity contribution in [2.24, 2.45) is 0 Å². The van der Waals surface area contributed by atoms with E-state index in [0.717, 1.165) is 13.3 Å². The van der Waals surface area contributed by atoms with Gasteiger partial charge in [0.25, 0.3) is 5.91 Å². The van der Waals surface area contributed by atoms with E-state index in [-0.39, 0.29) is 12.2 Å². The molecule has 0 unspecified atom stereocenters. The maximum atomic E-state index is 12.7. The molecule has 11 heteroatoms. The normalized spacial score (nSPS) is 19.6. The van der Waals surface area contributed by atoms with Gasteiger partial charge in [0.1, 0.15) is 17.8 Å². The molecule has 0 N–H and O–H groups in total. The molecular formula is C16H19N3O8. The fourth-order valence-corrected chi connectivity index (χ4v) is 2.45. The number of aromatic nitrogens is 1. The third kappa shape index (κ3) is 4.49. The van der Waals surface area contributed by atoms with Gasteiger partial charge in [-0.05, 0) is 20.8 Å². The van der Waals surface area contributed by atoms with Crippen molar-refractivity contribution < 1.29 is 33.5 Å². The number of methoxy groups -OCH3 is 1. The Balaban J connectivity index is 2.30. The number of imide groups is 1. The summed E-state index contributed by atoms with van der Waals surface area (Å²) in [5, 5.41) is 11.1. The lowest BCUT2D eigenvalue weighted by molar-refractivity contribution is -0.386. The SMILES string of the molecule is COC(=O)[C@@H]1C[C@H](Oc2ccncc2[N+](=O)[O-])C(=O)N1C(=O)OC(C)(C)C. The van der Waals surface area contributed by atoms with Crippen LogP contribution in [0.4, 0.5) is 10.5 Å². The number of hydrogen-bond acceptors (Lipinski definition) is 9. The molecule has 0 aromatic carbocycles. The first-order chi connectivity index (χ1) is 12.5. The number of carbonyl (C=O) groups is 3. The maximum Gasteiger partial charge on any atom is 0.417 e. The van der Waals surface area contributed by atoms with Crippen molar-refractivity contribution in [3.05, 3.63) is 28.6 Å². The van der Waals surface area contributed by atoms with Crippen molar-refractivity contribution in [1.29, 1.82) is 0 Å². The third-order valence-electron chi connectivity index (χ3n) is 3.55. The van der Waals surface area contributed by atoms with E-state index in [0.29, 0.717) is 4.90 Å². The summed E-state index contributed by atoms with van der Waals surface area (Å²) in [7, 11) is 1.11. The second-order valence-corrected chi connectivity index (χ2v) is 6.67. The first kappa shape index (κ1) is 20.1. The zero-order chi connectivity index (χ0) is 20.4. The summed E-state index contributed by atoms with van der Waals surface area (Å²) >= 11 is 0. The molecular weight excluding hydrogens is 362 g/mol. The number of hydrogen-bond donors (Lipinski definition) is 0. The van der Waals surface area contributed by atoms with Crippen LogP contribution in [0.1, 0.15) is 27.2 Å². The molecule has 1 aromatic heterocycles. The van der Waals surface area contributed by atoms with E-state index in [1.165, 1.54) is 12.3 Å². The number of esters is 1.